The van der Waals surface area contributed by atoms with Crippen molar-refractivity contribution in [1.82, 2.24) is 15.1 Å². The minimum atomic E-state index is 0.606. The summed E-state index contributed by atoms with van der Waals surface area (Å²) in [4.78, 5) is 9.19. The van der Waals surface area contributed by atoms with Crippen LogP contribution < -0.4 is 0 Å². The molecule has 0 aliphatic carbocycles. The average molecular weight is 181 g/mol. The number of rotatable bonds is 2. The van der Waals surface area contributed by atoms with Crippen LogP contribution in [0.3, 0.4) is 0 Å². The highest BCUT2D eigenvalue weighted by atomic mass is 32.1. The molecule has 0 unspecified atom stereocenters. The van der Waals surface area contributed by atoms with Gasteiger partial charge in [-0.1, -0.05) is 5.16 Å². The fourth-order valence-electron chi connectivity index (χ4n) is 0.898. The lowest BCUT2D eigenvalue weighted by molar-refractivity contribution is 0.388. The third kappa shape index (κ3) is 1.50. The molecule has 0 fully saturated rings. The van der Waals surface area contributed by atoms with Crippen LogP contribution in [0.2, 0.25) is 0 Å². The zero-order valence-electron chi connectivity index (χ0n) is 6.52. The minimum Gasteiger partial charge on any atom is -0.340 e. The molecular formula is C7H7N3OS. The van der Waals surface area contributed by atoms with Crippen LogP contribution in [-0.4, -0.2) is 15.1 Å². The summed E-state index contributed by atoms with van der Waals surface area (Å²) < 4.78 is 4.84. The van der Waals surface area contributed by atoms with E-state index in [2.05, 4.69) is 15.1 Å². The Morgan fingerprint density at radius 3 is 3.08 bits per heavy atom. The molecule has 2 aromatic rings. The maximum absolute atomic E-state index is 4.84. The molecular weight excluding hydrogens is 174 g/mol. The topological polar surface area (TPSA) is 51.8 Å². The minimum absolute atomic E-state index is 0.606. The van der Waals surface area contributed by atoms with E-state index in [1.165, 1.54) is 0 Å². The van der Waals surface area contributed by atoms with Gasteiger partial charge < -0.3 is 4.52 Å². The number of nitrogens with zero attached hydrogens (tertiary/aromatic N) is 3. The molecule has 0 saturated carbocycles. The molecule has 0 aromatic carbocycles. The predicted molar refractivity (Wildman–Crippen MR) is 44.0 cm³/mol. The van der Waals surface area contributed by atoms with Gasteiger partial charge in [0.15, 0.2) is 5.82 Å². The second-order valence-corrected chi connectivity index (χ2v) is 3.35. The van der Waals surface area contributed by atoms with Gasteiger partial charge in [-0.15, -0.1) is 11.3 Å². The van der Waals surface area contributed by atoms with E-state index in [9.17, 15) is 0 Å². The van der Waals surface area contributed by atoms with Crippen molar-refractivity contribution < 1.29 is 4.52 Å². The molecule has 0 atom stereocenters. The average Bonchev–Trinajstić information content (AvgIpc) is 2.63. The zero-order chi connectivity index (χ0) is 8.39. The van der Waals surface area contributed by atoms with Crippen molar-refractivity contribution in [2.45, 2.75) is 13.3 Å². The summed E-state index contributed by atoms with van der Waals surface area (Å²) in [5.74, 6) is 1.33. The first-order valence-electron chi connectivity index (χ1n) is 3.51. The van der Waals surface area contributed by atoms with E-state index in [0.717, 1.165) is 10.7 Å². The second kappa shape index (κ2) is 3.02. The van der Waals surface area contributed by atoms with Gasteiger partial charge in [-0.05, 0) is 0 Å². The van der Waals surface area contributed by atoms with E-state index in [1.807, 2.05) is 6.20 Å². The molecule has 0 N–H and O–H groups in total. The van der Waals surface area contributed by atoms with Gasteiger partial charge >= 0.3 is 0 Å². The van der Waals surface area contributed by atoms with Crippen molar-refractivity contribution in [1.29, 1.82) is 0 Å². The fourth-order valence-corrected chi connectivity index (χ4v) is 1.49. The zero-order valence-corrected chi connectivity index (χ0v) is 7.34. The SMILES string of the molecule is Cc1nc(Cc2cncs2)no1. The molecule has 2 rings (SSSR count). The molecule has 5 heteroatoms. The molecule has 12 heavy (non-hydrogen) atoms. The van der Waals surface area contributed by atoms with Crippen molar-refractivity contribution in [2.24, 2.45) is 0 Å². The Balaban J connectivity index is 2.14. The standard InChI is InChI=1S/C7H7N3OS/c1-5-9-7(10-11-5)2-6-3-8-4-12-6/h3-4H,2H2,1H3. The van der Waals surface area contributed by atoms with Gasteiger partial charge in [0.25, 0.3) is 0 Å². The van der Waals surface area contributed by atoms with Gasteiger partial charge in [0.2, 0.25) is 5.89 Å². The molecule has 0 bridgehead atoms. The number of aromatic nitrogens is 3. The third-order valence-electron chi connectivity index (χ3n) is 1.39. The van der Waals surface area contributed by atoms with Gasteiger partial charge in [0.05, 0.1) is 5.51 Å². The molecule has 0 saturated heterocycles. The van der Waals surface area contributed by atoms with E-state index >= 15 is 0 Å². The van der Waals surface area contributed by atoms with Crippen molar-refractivity contribution in [3.8, 4) is 0 Å². The van der Waals surface area contributed by atoms with Crippen LogP contribution in [0.25, 0.3) is 0 Å². The fraction of sp³-hybridized carbons (Fsp3) is 0.286. The largest absolute Gasteiger partial charge is 0.340 e. The Morgan fingerprint density at radius 2 is 2.50 bits per heavy atom. The highest BCUT2D eigenvalue weighted by Gasteiger charge is 2.03. The molecule has 2 aromatic heterocycles. The van der Waals surface area contributed by atoms with Crippen molar-refractivity contribution in [3.63, 3.8) is 0 Å². The molecule has 2 heterocycles. The lowest BCUT2D eigenvalue weighted by Crippen LogP contribution is -1.86. The van der Waals surface area contributed by atoms with Crippen LogP contribution >= 0.6 is 11.3 Å². The first-order chi connectivity index (χ1) is 5.84. The van der Waals surface area contributed by atoms with E-state index < -0.39 is 0 Å². The Morgan fingerprint density at radius 1 is 1.58 bits per heavy atom. The third-order valence-corrected chi connectivity index (χ3v) is 2.17. The van der Waals surface area contributed by atoms with E-state index in [1.54, 1.807) is 23.8 Å². The monoisotopic (exact) mass is 181 g/mol. The van der Waals surface area contributed by atoms with Gasteiger partial charge in [-0.3, -0.25) is 4.98 Å². The van der Waals surface area contributed by atoms with Crippen LogP contribution in [0.4, 0.5) is 0 Å². The summed E-state index contributed by atoms with van der Waals surface area (Å²) in [6.07, 6.45) is 2.53. The number of aryl methyl sites for hydroxylation is 1. The Hall–Kier alpha value is -1.23. The lowest BCUT2D eigenvalue weighted by Gasteiger charge is -1.85. The molecule has 0 aliphatic heterocycles. The van der Waals surface area contributed by atoms with Gasteiger partial charge in [0, 0.05) is 24.4 Å². The van der Waals surface area contributed by atoms with Crippen LogP contribution in [0.1, 0.15) is 16.6 Å². The van der Waals surface area contributed by atoms with Gasteiger partial charge in [-0.25, -0.2) is 0 Å². The second-order valence-electron chi connectivity index (χ2n) is 2.37. The highest BCUT2D eigenvalue weighted by molar-refractivity contribution is 7.09. The Labute approximate surface area is 73.3 Å². The van der Waals surface area contributed by atoms with Gasteiger partial charge in [-0.2, -0.15) is 4.98 Å². The molecule has 4 nitrogen and oxygen atoms in total. The summed E-state index contributed by atoms with van der Waals surface area (Å²) in [5, 5.41) is 3.78. The quantitative estimate of drug-likeness (QED) is 0.703. The Bertz CT molecular complexity index is 354. The van der Waals surface area contributed by atoms with Crippen molar-refractivity contribution >= 4 is 11.3 Å². The van der Waals surface area contributed by atoms with Crippen molar-refractivity contribution in [3.05, 3.63) is 28.3 Å². The number of hydrogen-bond acceptors (Lipinski definition) is 5. The number of hydrogen-bond donors (Lipinski definition) is 0. The smallest absolute Gasteiger partial charge is 0.223 e. The summed E-state index contributed by atoms with van der Waals surface area (Å²) in [6, 6.07) is 0. The summed E-state index contributed by atoms with van der Waals surface area (Å²) in [6.45, 7) is 1.78. The van der Waals surface area contributed by atoms with Crippen LogP contribution in [-0.2, 0) is 6.42 Å². The summed E-state index contributed by atoms with van der Waals surface area (Å²) in [7, 11) is 0. The molecule has 62 valence electrons. The molecule has 0 radical (unpaired) electrons. The first kappa shape index (κ1) is 7.42. The summed E-state index contributed by atoms with van der Waals surface area (Å²) >= 11 is 1.59. The van der Waals surface area contributed by atoms with Gasteiger partial charge in [0.1, 0.15) is 0 Å². The van der Waals surface area contributed by atoms with Crippen LogP contribution in [0, 0.1) is 6.92 Å². The predicted octanol–water partition coefficient (Wildman–Crippen LogP) is 1.43. The normalized spacial score (nSPS) is 10.4. The molecule has 0 amide bonds. The Kier molecular flexibility index (Phi) is 1.87. The maximum Gasteiger partial charge on any atom is 0.223 e. The number of thiazole rings is 1. The van der Waals surface area contributed by atoms with E-state index in [4.69, 9.17) is 4.52 Å². The van der Waals surface area contributed by atoms with Crippen molar-refractivity contribution in [2.75, 3.05) is 0 Å². The lowest BCUT2D eigenvalue weighted by atomic mass is 10.4. The molecule has 0 aliphatic rings. The maximum atomic E-state index is 4.84. The summed E-state index contributed by atoms with van der Waals surface area (Å²) in [5.41, 5.74) is 1.79. The first-order valence-corrected chi connectivity index (χ1v) is 4.39. The van der Waals surface area contributed by atoms with E-state index in [-0.39, 0.29) is 0 Å². The molecule has 0 spiro atoms. The highest BCUT2D eigenvalue weighted by Crippen LogP contribution is 2.10. The van der Waals surface area contributed by atoms with E-state index in [0.29, 0.717) is 12.3 Å². The van der Waals surface area contributed by atoms with Crippen LogP contribution in [0.15, 0.2) is 16.2 Å². The van der Waals surface area contributed by atoms with Crippen LogP contribution in [0.5, 0.6) is 0 Å².